The van der Waals surface area contributed by atoms with E-state index in [4.69, 9.17) is 0 Å². The number of nitrogens with zero attached hydrogens (tertiary/aromatic N) is 1. The second-order valence-corrected chi connectivity index (χ2v) is 7.13. The van der Waals surface area contributed by atoms with Gasteiger partial charge in [0.05, 0.1) is 17.0 Å². The fraction of sp³-hybridized carbons (Fsp3) is 0.312. The van der Waals surface area contributed by atoms with Crippen molar-refractivity contribution in [1.82, 2.24) is 10.3 Å². The molecular weight excluding hydrogens is 330 g/mol. The number of carbonyl (C=O) groups is 2. The predicted octanol–water partition coefficient (Wildman–Crippen LogP) is 3.32. The molecule has 1 aromatic heterocycles. The summed E-state index contributed by atoms with van der Waals surface area (Å²) in [5.41, 5.74) is 1.42. The smallest absolute Gasteiger partial charge is 0.258 e. The molecule has 0 saturated carbocycles. The molecule has 2 rings (SSSR count). The first kappa shape index (κ1) is 17.5. The molecule has 5 nitrogen and oxygen atoms in total. The average Bonchev–Trinajstić information content (AvgIpc) is 2.90. The minimum Gasteiger partial charge on any atom is -0.353 e. The molecule has 23 heavy (non-hydrogen) atoms. The highest BCUT2D eigenvalue weighted by Crippen LogP contribution is 2.24. The number of hydrogen-bond donors (Lipinski definition) is 2. The molecule has 0 aliphatic heterocycles. The van der Waals surface area contributed by atoms with Crippen LogP contribution in [0.4, 0.5) is 5.13 Å². The molecule has 0 fully saturated rings. The molecule has 0 atom stereocenters. The largest absolute Gasteiger partial charge is 0.353 e. The standard InChI is InChI=1S/C16H19N3O2S2/c1-10(2)17-14(20)9-22-13-7-5-4-6-12(13)15(21)19-16-18-11(3)8-23-16/h4-8,10H,9H2,1-3H3,(H,17,20)(H,18,19,21). The van der Waals surface area contributed by atoms with Gasteiger partial charge in [-0.3, -0.25) is 14.9 Å². The molecule has 1 aromatic carbocycles. The summed E-state index contributed by atoms with van der Waals surface area (Å²) in [6.45, 7) is 5.71. The Kier molecular flexibility index (Phi) is 6.18. The van der Waals surface area contributed by atoms with E-state index in [2.05, 4.69) is 15.6 Å². The summed E-state index contributed by atoms with van der Waals surface area (Å²) in [6, 6.07) is 7.36. The SMILES string of the molecule is Cc1csc(NC(=O)c2ccccc2SCC(=O)NC(C)C)n1. The lowest BCUT2D eigenvalue weighted by molar-refractivity contribution is -0.119. The van der Waals surface area contributed by atoms with Crippen molar-refractivity contribution in [3.63, 3.8) is 0 Å². The van der Waals surface area contributed by atoms with Crippen LogP contribution < -0.4 is 10.6 Å². The van der Waals surface area contributed by atoms with E-state index in [1.807, 2.05) is 38.3 Å². The zero-order valence-electron chi connectivity index (χ0n) is 13.3. The van der Waals surface area contributed by atoms with Crippen LogP contribution in [-0.4, -0.2) is 28.6 Å². The minimum absolute atomic E-state index is 0.0456. The maximum absolute atomic E-state index is 12.4. The molecule has 2 amide bonds. The van der Waals surface area contributed by atoms with E-state index < -0.39 is 0 Å². The highest BCUT2D eigenvalue weighted by Gasteiger charge is 2.14. The van der Waals surface area contributed by atoms with Gasteiger partial charge in [0.2, 0.25) is 5.91 Å². The zero-order valence-corrected chi connectivity index (χ0v) is 14.9. The second-order valence-electron chi connectivity index (χ2n) is 5.26. The van der Waals surface area contributed by atoms with Gasteiger partial charge < -0.3 is 5.32 Å². The van der Waals surface area contributed by atoms with Gasteiger partial charge in [-0.15, -0.1) is 23.1 Å². The summed E-state index contributed by atoms with van der Waals surface area (Å²) in [5.74, 6) is 0.0150. The number of rotatable bonds is 6. The molecule has 0 bridgehead atoms. The van der Waals surface area contributed by atoms with Crippen LogP contribution in [0.15, 0.2) is 34.5 Å². The fourth-order valence-electron chi connectivity index (χ4n) is 1.86. The van der Waals surface area contributed by atoms with E-state index in [1.165, 1.54) is 23.1 Å². The summed E-state index contributed by atoms with van der Waals surface area (Å²) in [7, 11) is 0. The topological polar surface area (TPSA) is 71.1 Å². The number of carbonyl (C=O) groups excluding carboxylic acids is 2. The van der Waals surface area contributed by atoms with E-state index in [0.717, 1.165) is 10.6 Å². The van der Waals surface area contributed by atoms with E-state index in [-0.39, 0.29) is 23.6 Å². The number of nitrogens with one attached hydrogen (secondary N) is 2. The number of anilines is 1. The normalized spacial score (nSPS) is 10.6. The van der Waals surface area contributed by atoms with Crippen LogP contribution in [-0.2, 0) is 4.79 Å². The molecule has 0 spiro atoms. The lowest BCUT2D eigenvalue weighted by atomic mass is 10.2. The monoisotopic (exact) mass is 349 g/mol. The lowest BCUT2D eigenvalue weighted by Gasteiger charge is -2.10. The molecule has 2 N–H and O–H groups in total. The molecular formula is C16H19N3O2S2. The van der Waals surface area contributed by atoms with E-state index in [9.17, 15) is 9.59 Å². The van der Waals surface area contributed by atoms with Crippen LogP contribution in [0.2, 0.25) is 0 Å². The summed E-state index contributed by atoms with van der Waals surface area (Å²) < 4.78 is 0. The van der Waals surface area contributed by atoms with Gasteiger partial charge in [0, 0.05) is 16.3 Å². The van der Waals surface area contributed by atoms with Crippen molar-refractivity contribution in [1.29, 1.82) is 0 Å². The first-order chi connectivity index (χ1) is 11.0. The van der Waals surface area contributed by atoms with E-state index in [0.29, 0.717) is 10.7 Å². The highest BCUT2D eigenvalue weighted by molar-refractivity contribution is 8.00. The van der Waals surface area contributed by atoms with Crippen molar-refractivity contribution in [2.24, 2.45) is 0 Å². The zero-order chi connectivity index (χ0) is 16.8. The van der Waals surface area contributed by atoms with Crippen LogP contribution in [0.5, 0.6) is 0 Å². The Morgan fingerprint density at radius 1 is 1.30 bits per heavy atom. The van der Waals surface area contributed by atoms with Crippen LogP contribution in [0.1, 0.15) is 29.9 Å². The van der Waals surface area contributed by atoms with E-state index in [1.54, 1.807) is 12.1 Å². The molecule has 0 unspecified atom stereocenters. The average molecular weight is 349 g/mol. The van der Waals surface area contributed by atoms with Crippen LogP contribution in [0.25, 0.3) is 0 Å². The third-order valence-corrected chi connectivity index (χ3v) is 4.73. The molecule has 0 saturated heterocycles. The van der Waals surface area contributed by atoms with Gasteiger partial charge in [0.15, 0.2) is 5.13 Å². The maximum Gasteiger partial charge on any atom is 0.258 e. The first-order valence-corrected chi connectivity index (χ1v) is 9.07. The molecule has 1 heterocycles. The highest BCUT2D eigenvalue weighted by atomic mass is 32.2. The predicted molar refractivity (Wildman–Crippen MR) is 95.2 cm³/mol. The number of thioether (sulfide) groups is 1. The molecule has 0 aliphatic carbocycles. The van der Waals surface area contributed by atoms with Gasteiger partial charge in [-0.2, -0.15) is 0 Å². The summed E-state index contributed by atoms with van der Waals surface area (Å²) in [6.07, 6.45) is 0. The Morgan fingerprint density at radius 3 is 2.70 bits per heavy atom. The summed E-state index contributed by atoms with van der Waals surface area (Å²) in [5, 5.41) is 8.08. The van der Waals surface area contributed by atoms with Gasteiger partial charge in [0.1, 0.15) is 0 Å². The van der Waals surface area contributed by atoms with Crippen LogP contribution in [0.3, 0.4) is 0 Å². The Hall–Kier alpha value is -1.86. The summed E-state index contributed by atoms with van der Waals surface area (Å²) in [4.78, 5) is 29.2. The molecule has 2 aromatic rings. The number of aryl methyl sites for hydroxylation is 1. The molecule has 7 heteroatoms. The van der Waals surface area contributed by atoms with Gasteiger partial charge in [-0.25, -0.2) is 4.98 Å². The van der Waals surface area contributed by atoms with Crippen molar-refractivity contribution in [3.05, 3.63) is 40.9 Å². The van der Waals surface area contributed by atoms with Crippen molar-refractivity contribution in [2.45, 2.75) is 31.7 Å². The van der Waals surface area contributed by atoms with Gasteiger partial charge in [-0.1, -0.05) is 12.1 Å². The van der Waals surface area contributed by atoms with Crippen LogP contribution >= 0.6 is 23.1 Å². The van der Waals surface area contributed by atoms with Gasteiger partial charge in [0.25, 0.3) is 5.91 Å². The molecule has 0 aliphatic rings. The van der Waals surface area contributed by atoms with Crippen molar-refractivity contribution >= 4 is 40.0 Å². The molecule has 122 valence electrons. The Morgan fingerprint density at radius 2 is 2.04 bits per heavy atom. The van der Waals surface area contributed by atoms with Crippen LogP contribution in [0, 0.1) is 6.92 Å². The third-order valence-electron chi connectivity index (χ3n) is 2.78. The number of aromatic nitrogens is 1. The second kappa shape index (κ2) is 8.12. The quantitative estimate of drug-likeness (QED) is 0.785. The summed E-state index contributed by atoms with van der Waals surface area (Å²) >= 11 is 2.74. The lowest BCUT2D eigenvalue weighted by Crippen LogP contribution is -2.31. The first-order valence-electron chi connectivity index (χ1n) is 7.20. The Balaban J connectivity index is 2.04. The van der Waals surface area contributed by atoms with Gasteiger partial charge in [-0.05, 0) is 32.9 Å². The maximum atomic E-state index is 12.4. The molecule has 0 radical (unpaired) electrons. The third kappa shape index (κ3) is 5.37. The number of benzene rings is 1. The van der Waals surface area contributed by atoms with Crippen molar-refractivity contribution in [2.75, 3.05) is 11.1 Å². The van der Waals surface area contributed by atoms with Crippen molar-refractivity contribution in [3.8, 4) is 0 Å². The fourth-order valence-corrected chi connectivity index (χ4v) is 3.41. The van der Waals surface area contributed by atoms with Crippen molar-refractivity contribution < 1.29 is 9.59 Å². The van der Waals surface area contributed by atoms with E-state index >= 15 is 0 Å². The number of hydrogen-bond acceptors (Lipinski definition) is 5. The Bertz CT molecular complexity index is 698. The number of thiazole rings is 1. The van der Waals surface area contributed by atoms with Gasteiger partial charge >= 0.3 is 0 Å². The number of amides is 2. The Labute approximate surface area is 143 Å². The minimum atomic E-state index is -0.216.